The van der Waals surface area contributed by atoms with Crippen LogP contribution < -0.4 is 5.32 Å². The van der Waals surface area contributed by atoms with Gasteiger partial charge in [0.05, 0.1) is 0 Å². The fourth-order valence-electron chi connectivity index (χ4n) is 2.89. The van der Waals surface area contributed by atoms with E-state index < -0.39 is 0 Å². The summed E-state index contributed by atoms with van der Waals surface area (Å²) < 4.78 is 0. The molecule has 2 rings (SSSR count). The van der Waals surface area contributed by atoms with Gasteiger partial charge in [0.1, 0.15) is 0 Å². The summed E-state index contributed by atoms with van der Waals surface area (Å²) >= 11 is 6.04. The minimum absolute atomic E-state index is 0.607. The Labute approximate surface area is 116 Å². The molecule has 2 unspecified atom stereocenters. The van der Waals surface area contributed by atoms with Gasteiger partial charge in [0.2, 0.25) is 0 Å². The molecular weight excluding hydrogens is 242 g/mol. The molecule has 0 radical (unpaired) electrons. The molecule has 0 heterocycles. The molecule has 0 saturated carbocycles. The van der Waals surface area contributed by atoms with E-state index in [4.69, 9.17) is 11.6 Å². The van der Waals surface area contributed by atoms with Crippen LogP contribution in [-0.2, 0) is 12.8 Å². The minimum atomic E-state index is 0.607. The predicted octanol–water partition coefficient (Wildman–Crippen LogP) is 4.37. The monoisotopic (exact) mass is 265 g/mol. The van der Waals surface area contributed by atoms with Gasteiger partial charge in [-0.05, 0) is 49.4 Å². The first-order chi connectivity index (χ1) is 8.69. The van der Waals surface area contributed by atoms with Crippen molar-refractivity contribution in [1.29, 1.82) is 0 Å². The maximum absolute atomic E-state index is 6.04. The molecule has 1 aromatic rings. The highest BCUT2D eigenvalue weighted by Gasteiger charge is 2.22. The number of benzene rings is 1. The largest absolute Gasteiger partial charge is 0.311 e. The number of unbranched alkanes of at least 4 members (excludes halogenated alkanes) is 2. The van der Waals surface area contributed by atoms with Gasteiger partial charge in [-0.3, -0.25) is 0 Å². The first kappa shape index (κ1) is 13.9. The summed E-state index contributed by atoms with van der Waals surface area (Å²) in [6, 6.07) is 7.55. The van der Waals surface area contributed by atoms with E-state index in [1.807, 2.05) is 6.07 Å². The average Bonchev–Trinajstić information content (AvgIpc) is 2.70. The van der Waals surface area contributed by atoms with Crippen LogP contribution in [0.2, 0.25) is 5.02 Å². The number of rotatable bonds is 6. The first-order valence-electron chi connectivity index (χ1n) is 7.22. The van der Waals surface area contributed by atoms with E-state index in [9.17, 15) is 0 Å². The van der Waals surface area contributed by atoms with E-state index >= 15 is 0 Å². The van der Waals surface area contributed by atoms with Gasteiger partial charge in [0.25, 0.3) is 0 Å². The molecule has 2 atom stereocenters. The summed E-state index contributed by atoms with van der Waals surface area (Å²) in [6.45, 7) is 4.57. The van der Waals surface area contributed by atoms with Crippen molar-refractivity contribution in [2.45, 2.75) is 64.5 Å². The quantitative estimate of drug-likeness (QED) is 0.754. The molecule has 100 valence electrons. The summed E-state index contributed by atoms with van der Waals surface area (Å²) in [5, 5.41) is 4.63. The summed E-state index contributed by atoms with van der Waals surface area (Å²) in [4.78, 5) is 0. The van der Waals surface area contributed by atoms with Crippen molar-refractivity contribution in [3.63, 3.8) is 0 Å². The summed E-state index contributed by atoms with van der Waals surface area (Å²) in [5.74, 6) is 0. The highest BCUT2D eigenvalue weighted by molar-refractivity contribution is 6.30. The molecule has 1 aromatic carbocycles. The van der Waals surface area contributed by atoms with Crippen LogP contribution in [0.4, 0.5) is 0 Å². The molecule has 1 nitrogen and oxygen atoms in total. The summed E-state index contributed by atoms with van der Waals surface area (Å²) in [7, 11) is 0. The van der Waals surface area contributed by atoms with Crippen LogP contribution in [-0.4, -0.2) is 12.1 Å². The zero-order valence-electron chi connectivity index (χ0n) is 11.5. The lowest BCUT2D eigenvalue weighted by Gasteiger charge is -2.19. The Morgan fingerprint density at radius 2 is 2.06 bits per heavy atom. The highest BCUT2D eigenvalue weighted by Crippen LogP contribution is 2.25. The maximum Gasteiger partial charge on any atom is 0.0408 e. The Morgan fingerprint density at radius 3 is 2.83 bits per heavy atom. The molecule has 0 aromatic heterocycles. The van der Waals surface area contributed by atoms with Crippen molar-refractivity contribution in [2.24, 2.45) is 0 Å². The Morgan fingerprint density at radius 1 is 1.28 bits per heavy atom. The van der Waals surface area contributed by atoms with Crippen molar-refractivity contribution in [3.05, 3.63) is 34.3 Å². The molecule has 0 amide bonds. The molecule has 0 bridgehead atoms. The van der Waals surface area contributed by atoms with Gasteiger partial charge in [-0.2, -0.15) is 0 Å². The topological polar surface area (TPSA) is 12.0 Å². The van der Waals surface area contributed by atoms with E-state index in [0.717, 1.165) is 17.9 Å². The fraction of sp³-hybridized carbons (Fsp3) is 0.625. The van der Waals surface area contributed by atoms with Crippen LogP contribution in [0.15, 0.2) is 18.2 Å². The van der Waals surface area contributed by atoms with Crippen molar-refractivity contribution < 1.29 is 0 Å². The van der Waals surface area contributed by atoms with Crippen LogP contribution in [0.3, 0.4) is 0 Å². The van der Waals surface area contributed by atoms with Crippen molar-refractivity contribution >= 4 is 11.6 Å². The van der Waals surface area contributed by atoms with Gasteiger partial charge >= 0.3 is 0 Å². The smallest absolute Gasteiger partial charge is 0.0408 e. The average molecular weight is 266 g/mol. The van der Waals surface area contributed by atoms with Crippen LogP contribution in [0, 0.1) is 0 Å². The van der Waals surface area contributed by atoms with Gasteiger partial charge in [-0.25, -0.2) is 0 Å². The molecule has 0 fully saturated rings. The number of fused-ring (bicyclic) bond motifs is 1. The summed E-state index contributed by atoms with van der Waals surface area (Å²) in [5.41, 5.74) is 2.90. The van der Waals surface area contributed by atoms with E-state index in [0.29, 0.717) is 12.1 Å². The third-order valence-corrected chi connectivity index (χ3v) is 4.10. The summed E-state index contributed by atoms with van der Waals surface area (Å²) in [6.07, 6.45) is 7.59. The van der Waals surface area contributed by atoms with Crippen molar-refractivity contribution in [2.75, 3.05) is 0 Å². The lowest BCUT2D eigenvalue weighted by Crippen LogP contribution is -2.37. The van der Waals surface area contributed by atoms with Gasteiger partial charge in [-0.1, -0.05) is 43.9 Å². The molecule has 0 aliphatic heterocycles. The van der Waals surface area contributed by atoms with E-state index in [-0.39, 0.29) is 0 Å². The number of hydrogen-bond donors (Lipinski definition) is 1. The fourth-order valence-corrected chi connectivity index (χ4v) is 3.09. The van der Waals surface area contributed by atoms with Crippen molar-refractivity contribution in [1.82, 2.24) is 5.32 Å². The van der Waals surface area contributed by atoms with Gasteiger partial charge < -0.3 is 5.32 Å². The van der Waals surface area contributed by atoms with Crippen LogP contribution >= 0.6 is 11.6 Å². The number of hydrogen-bond acceptors (Lipinski definition) is 1. The van der Waals surface area contributed by atoms with Crippen LogP contribution in [0.1, 0.15) is 50.7 Å². The molecule has 1 aliphatic rings. The normalized spacial score (nSPS) is 19.8. The molecule has 1 aliphatic carbocycles. The van der Waals surface area contributed by atoms with Gasteiger partial charge in [0.15, 0.2) is 0 Å². The Bertz CT molecular complexity index is 389. The number of nitrogens with one attached hydrogen (secondary N) is 1. The lowest BCUT2D eigenvalue weighted by molar-refractivity contribution is 0.423. The Hall–Kier alpha value is -0.530. The van der Waals surface area contributed by atoms with Crippen LogP contribution in [0.25, 0.3) is 0 Å². The van der Waals surface area contributed by atoms with Gasteiger partial charge in [-0.15, -0.1) is 0 Å². The molecule has 0 spiro atoms. The van der Waals surface area contributed by atoms with Crippen molar-refractivity contribution in [3.8, 4) is 0 Å². The Balaban J connectivity index is 1.80. The molecular formula is C16H24ClN. The molecule has 18 heavy (non-hydrogen) atoms. The zero-order chi connectivity index (χ0) is 13.0. The minimum Gasteiger partial charge on any atom is -0.311 e. The van der Waals surface area contributed by atoms with E-state index in [2.05, 4.69) is 31.3 Å². The first-order valence-corrected chi connectivity index (χ1v) is 7.60. The second kappa shape index (κ2) is 6.58. The van der Waals surface area contributed by atoms with E-state index in [1.54, 1.807) is 0 Å². The molecule has 1 N–H and O–H groups in total. The third-order valence-electron chi connectivity index (χ3n) is 3.86. The lowest BCUT2D eigenvalue weighted by atomic mass is 10.1. The molecule has 2 heteroatoms. The van der Waals surface area contributed by atoms with E-state index in [1.165, 1.54) is 36.8 Å². The second-order valence-corrected chi connectivity index (χ2v) is 6.02. The Kier molecular flexibility index (Phi) is 5.08. The second-order valence-electron chi connectivity index (χ2n) is 5.58. The van der Waals surface area contributed by atoms with Crippen LogP contribution in [0.5, 0.6) is 0 Å². The van der Waals surface area contributed by atoms with Gasteiger partial charge in [0, 0.05) is 17.1 Å². The number of halogens is 1. The predicted molar refractivity (Wildman–Crippen MR) is 79.4 cm³/mol. The molecule has 0 saturated heterocycles. The maximum atomic E-state index is 6.04. The SMILES string of the molecule is CCCCCC(C)NC1Cc2ccc(Cl)cc2C1. The third kappa shape index (κ3) is 3.73. The zero-order valence-corrected chi connectivity index (χ0v) is 12.3. The standard InChI is InChI=1S/C16H24ClN/c1-3-4-5-6-12(2)18-16-10-13-7-8-15(17)9-14(13)11-16/h7-9,12,16,18H,3-6,10-11H2,1-2H3. The highest BCUT2D eigenvalue weighted by atomic mass is 35.5.